The molecule has 0 aliphatic carbocycles. The molecule has 1 unspecified atom stereocenters. The quantitative estimate of drug-likeness (QED) is 0.752. The Morgan fingerprint density at radius 2 is 2.26 bits per heavy atom. The topological polar surface area (TPSA) is 72.8 Å². The lowest BCUT2D eigenvalue weighted by Crippen LogP contribution is -2.38. The molecule has 0 aromatic heterocycles. The SMILES string of the molecule is CCC(CO)NC[C@@H]1CCN(C(=O)O)[C@H]1c1ccc(F)cc1C. The van der Waals surface area contributed by atoms with E-state index in [2.05, 4.69) is 5.32 Å². The maximum atomic E-state index is 13.4. The smallest absolute Gasteiger partial charge is 0.407 e. The standard InChI is InChI=1S/C17H25FN2O3/c1-3-14(10-21)19-9-12-6-7-20(17(22)23)16(12)15-5-4-13(18)8-11(15)2/h4-5,8,12,14,16,19,21H,3,6-7,9-10H2,1-2H3,(H,22,23)/t12-,14?,16+/m0/s1. The highest BCUT2D eigenvalue weighted by atomic mass is 19.1. The lowest BCUT2D eigenvalue weighted by Gasteiger charge is -2.29. The number of hydrogen-bond acceptors (Lipinski definition) is 3. The molecule has 0 bridgehead atoms. The molecule has 23 heavy (non-hydrogen) atoms. The van der Waals surface area contributed by atoms with Crippen molar-refractivity contribution in [1.82, 2.24) is 10.2 Å². The Morgan fingerprint density at radius 1 is 1.52 bits per heavy atom. The van der Waals surface area contributed by atoms with E-state index in [-0.39, 0.29) is 30.4 Å². The van der Waals surface area contributed by atoms with Crippen molar-refractivity contribution in [1.29, 1.82) is 0 Å². The van der Waals surface area contributed by atoms with Crippen molar-refractivity contribution in [3.63, 3.8) is 0 Å². The van der Waals surface area contributed by atoms with Crippen molar-refractivity contribution in [3.05, 3.63) is 35.1 Å². The van der Waals surface area contributed by atoms with Gasteiger partial charge in [0.15, 0.2) is 0 Å². The van der Waals surface area contributed by atoms with Gasteiger partial charge in [-0.25, -0.2) is 9.18 Å². The van der Waals surface area contributed by atoms with Crippen LogP contribution in [0.5, 0.6) is 0 Å². The number of nitrogens with one attached hydrogen (secondary N) is 1. The number of carbonyl (C=O) groups is 1. The molecule has 1 aromatic carbocycles. The lowest BCUT2D eigenvalue weighted by atomic mass is 9.90. The fourth-order valence-corrected chi connectivity index (χ4v) is 3.33. The molecule has 1 fully saturated rings. The zero-order chi connectivity index (χ0) is 17.0. The van der Waals surface area contributed by atoms with E-state index in [1.54, 1.807) is 6.07 Å². The Hall–Kier alpha value is -1.66. The predicted molar refractivity (Wildman–Crippen MR) is 85.9 cm³/mol. The number of carboxylic acid groups (broad SMARTS) is 1. The van der Waals surface area contributed by atoms with Crippen molar-refractivity contribution in [2.45, 2.75) is 38.8 Å². The maximum absolute atomic E-state index is 13.4. The number of aryl methyl sites for hydroxylation is 1. The summed E-state index contributed by atoms with van der Waals surface area (Å²) >= 11 is 0. The minimum atomic E-state index is -0.949. The van der Waals surface area contributed by atoms with E-state index in [1.807, 2.05) is 13.8 Å². The van der Waals surface area contributed by atoms with Crippen LogP contribution in [0.25, 0.3) is 0 Å². The number of nitrogens with zero attached hydrogens (tertiary/aromatic N) is 1. The average molecular weight is 324 g/mol. The van der Waals surface area contributed by atoms with Crippen LogP contribution in [0.1, 0.15) is 36.9 Å². The van der Waals surface area contributed by atoms with Crippen molar-refractivity contribution in [2.24, 2.45) is 5.92 Å². The van der Waals surface area contributed by atoms with Gasteiger partial charge in [-0.15, -0.1) is 0 Å². The van der Waals surface area contributed by atoms with E-state index < -0.39 is 6.09 Å². The Morgan fingerprint density at radius 3 is 2.83 bits per heavy atom. The Balaban J connectivity index is 2.22. The molecule has 0 spiro atoms. The zero-order valence-corrected chi connectivity index (χ0v) is 13.6. The van der Waals surface area contributed by atoms with Crippen molar-refractivity contribution >= 4 is 6.09 Å². The number of aliphatic hydroxyl groups excluding tert-OH is 1. The average Bonchev–Trinajstić information content (AvgIpc) is 2.92. The summed E-state index contributed by atoms with van der Waals surface area (Å²) in [6, 6.07) is 4.25. The first-order valence-corrected chi connectivity index (χ1v) is 8.07. The first-order chi connectivity index (χ1) is 11.0. The number of hydrogen-bond donors (Lipinski definition) is 3. The predicted octanol–water partition coefficient (Wildman–Crippen LogP) is 2.54. The molecular formula is C17H25FN2O3. The van der Waals surface area contributed by atoms with Gasteiger partial charge in [-0.3, -0.25) is 0 Å². The van der Waals surface area contributed by atoms with Gasteiger partial charge in [0.25, 0.3) is 0 Å². The van der Waals surface area contributed by atoms with Crippen LogP contribution in [0, 0.1) is 18.7 Å². The van der Waals surface area contributed by atoms with Crippen LogP contribution < -0.4 is 5.32 Å². The van der Waals surface area contributed by atoms with Gasteiger partial charge < -0.3 is 20.4 Å². The summed E-state index contributed by atoms with van der Waals surface area (Å²) in [6.45, 7) is 4.97. The molecule has 3 atom stereocenters. The minimum absolute atomic E-state index is 0.0174. The molecule has 2 rings (SSSR count). The van der Waals surface area contributed by atoms with Gasteiger partial charge in [0.1, 0.15) is 5.82 Å². The normalized spacial score (nSPS) is 22.3. The molecule has 1 aromatic rings. The molecule has 0 saturated carbocycles. The van der Waals surface area contributed by atoms with Gasteiger partial charge in [-0.05, 0) is 48.9 Å². The number of likely N-dealkylation sites (tertiary alicyclic amines) is 1. The van der Waals surface area contributed by atoms with Crippen LogP contribution >= 0.6 is 0 Å². The second kappa shape index (κ2) is 7.75. The van der Waals surface area contributed by atoms with Crippen molar-refractivity contribution < 1.29 is 19.4 Å². The van der Waals surface area contributed by atoms with E-state index in [0.29, 0.717) is 13.1 Å². The van der Waals surface area contributed by atoms with Gasteiger partial charge in [-0.1, -0.05) is 13.0 Å². The summed E-state index contributed by atoms with van der Waals surface area (Å²) in [6.07, 6.45) is 0.616. The third-order valence-corrected chi connectivity index (χ3v) is 4.70. The first-order valence-electron chi connectivity index (χ1n) is 8.07. The van der Waals surface area contributed by atoms with E-state index in [4.69, 9.17) is 0 Å². The molecule has 1 saturated heterocycles. The number of halogens is 1. The zero-order valence-electron chi connectivity index (χ0n) is 13.6. The highest BCUT2D eigenvalue weighted by Gasteiger charge is 2.38. The van der Waals surface area contributed by atoms with Crippen LogP contribution in [0.2, 0.25) is 0 Å². The third-order valence-electron chi connectivity index (χ3n) is 4.70. The summed E-state index contributed by atoms with van der Waals surface area (Å²) in [5.74, 6) is -0.206. The number of aliphatic hydroxyl groups is 1. The lowest BCUT2D eigenvalue weighted by molar-refractivity contribution is 0.133. The third kappa shape index (κ3) is 4.00. The molecule has 1 aliphatic heterocycles. The van der Waals surface area contributed by atoms with Crippen LogP contribution in [-0.2, 0) is 0 Å². The first kappa shape index (κ1) is 17.7. The van der Waals surface area contributed by atoms with Gasteiger partial charge in [0.05, 0.1) is 12.6 Å². The van der Waals surface area contributed by atoms with E-state index >= 15 is 0 Å². The summed E-state index contributed by atoms with van der Waals surface area (Å²) in [5, 5.41) is 22.1. The highest BCUT2D eigenvalue weighted by Crippen LogP contribution is 2.38. The fraction of sp³-hybridized carbons (Fsp3) is 0.588. The van der Waals surface area contributed by atoms with Crippen LogP contribution in [-0.4, -0.2) is 46.9 Å². The second-order valence-corrected chi connectivity index (χ2v) is 6.17. The second-order valence-electron chi connectivity index (χ2n) is 6.17. The number of rotatable bonds is 6. The molecule has 1 heterocycles. The van der Waals surface area contributed by atoms with Gasteiger partial charge in [0, 0.05) is 19.1 Å². The number of amides is 1. The van der Waals surface area contributed by atoms with Crippen LogP contribution in [0.4, 0.5) is 9.18 Å². The Kier molecular flexibility index (Phi) is 5.96. The molecule has 1 amide bonds. The van der Waals surface area contributed by atoms with E-state index in [1.165, 1.54) is 17.0 Å². The Labute approximate surface area is 136 Å². The number of benzene rings is 1. The molecule has 1 aliphatic rings. The summed E-state index contributed by atoms with van der Waals surface area (Å²) in [4.78, 5) is 13.0. The minimum Gasteiger partial charge on any atom is -0.465 e. The summed E-state index contributed by atoms with van der Waals surface area (Å²) in [5.41, 5.74) is 1.62. The highest BCUT2D eigenvalue weighted by molar-refractivity contribution is 5.66. The van der Waals surface area contributed by atoms with E-state index in [0.717, 1.165) is 24.0 Å². The van der Waals surface area contributed by atoms with Gasteiger partial charge in [-0.2, -0.15) is 0 Å². The molecule has 6 heteroatoms. The molecule has 5 nitrogen and oxygen atoms in total. The molecule has 128 valence electrons. The Bertz CT molecular complexity index is 549. The van der Waals surface area contributed by atoms with Crippen LogP contribution in [0.3, 0.4) is 0 Å². The summed E-state index contributed by atoms with van der Waals surface area (Å²) in [7, 11) is 0. The molecular weight excluding hydrogens is 299 g/mol. The van der Waals surface area contributed by atoms with Gasteiger partial charge >= 0.3 is 6.09 Å². The van der Waals surface area contributed by atoms with Crippen molar-refractivity contribution in [2.75, 3.05) is 19.7 Å². The van der Waals surface area contributed by atoms with E-state index in [9.17, 15) is 19.4 Å². The summed E-state index contributed by atoms with van der Waals surface area (Å²) < 4.78 is 13.4. The molecule has 0 radical (unpaired) electrons. The monoisotopic (exact) mass is 324 g/mol. The largest absolute Gasteiger partial charge is 0.465 e. The van der Waals surface area contributed by atoms with Crippen molar-refractivity contribution in [3.8, 4) is 0 Å². The van der Waals surface area contributed by atoms with Gasteiger partial charge in [0.2, 0.25) is 0 Å². The molecule has 3 N–H and O–H groups in total. The maximum Gasteiger partial charge on any atom is 0.407 e. The van der Waals surface area contributed by atoms with Crippen LogP contribution in [0.15, 0.2) is 18.2 Å². The fourth-order valence-electron chi connectivity index (χ4n) is 3.33.